The number of epoxide rings is 1. The largest absolute Gasteiger partial charge is 0.497 e. The molecule has 16 heavy (non-hydrogen) atoms. The van der Waals surface area contributed by atoms with E-state index in [-0.39, 0.29) is 11.9 Å². The number of rotatable bonds is 5. The smallest absolute Gasteiger partial charge is 0.163 e. The van der Waals surface area contributed by atoms with Crippen molar-refractivity contribution >= 4 is 5.78 Å². The van der Waals surface area contributed by atoms with Gasteiger partial charge in [0.05, 0.1) is 19.3 Å². The van der Waals surface area contributed by atoms with Crippen molar-refractivity contribution < 1.29 is 19.0 Å². The number of hydrogen-bond acceptors (Lipinski definition) is 4. The minimum atomic E-state index is -0.0365. The number of Topliss-reactive ketones (excluding diaryl/α,β-unsaturated/α-hetero) is 1. The zero-order valence-electron chi connectivity index (χ0n) is 9.36. The molecule has 0 aromatic heterocycles. The van der Waals surface area contributed by atoms with Crippen LogP contribution in [-0.4, -0.2) is 32.2 Å². The highest BCUT2D eigenvalue weighted by atomic mass is 16.6. The minimum Gasteiger partial charge on any atom is -0.497 e. The Hall–Kier alpha value is -1.55. The van der Waals surface area contributed by atoms with Crippen molar-refractivity contribution in [2.24, 2.45) is 0 Å². The number of carbonyl (C=O) groups is 1. The number of hydrogen-bond donors (Lipinski definition) is 0. The van der Waals surface area contributed by atoms with Gasteiger partial charge in [-0.05, 0) is 25.1 Å². The van der Waals surface area contributed by atoms with Crippen LogP contribution in [0, 0.1) is 0 Å². The van der Waals surface area contributed by atoms with Crippen molar-refractivity contribution in [3.63, 3.8) is 0 Å². The van der Waals surface area contributed by atoms with Gasteiger partial charge < -0.3 is 14.2 Å². The summed E-state index contributed by atoms with van der Waals surface area (Å²) in [5.41, 5.74) is 0.542. The Morgan fingerprint density at radius 2 is 2.31 bits per heavy atom. The van der Waals surface area contributed by atoms with Gasteiger partial charge in [0.2, 0.25) is 0 Å². The first-order chi connectivity index (χ1) is 7.70. The number of ether oxygens (including phenoxy) is 3. The first kappa shape index (κ1) is 11.0. The summed E-state index contributed by atoms with van der Waals surface area (Å²) < 4.78 is 15.6. The highest BCUT2D eigenvalue weighted by Gasteiger charge is 2.23. The van der Waals surface area contributed by atoms with Gasteiger partial charge in [-0.15, -0.1) is 0 Å². The fraction of sp³-hybridized carbons (Fsp3) is 0.417. The van der Waals surface area contributed by atoms with Crippen LogP contribution in [0.1, 0.15) is 17.3 Å². The van der Waals surface area contributed by atoms with Gasteiger partial charge in [-0.25, -0.2) is 0 Å². The molecule has 1 aromatic rings. The summed E-state index contributed by atoms with van der Waals surface area (Å²) in [5, 5.41) is 0. The number of ketones is 1. The van der Waals surface area contributed by atoms with Crippen molar-refractivity contribution in [3.05, 3.63) is 23.8 Å². The van der Waals surface area contributed by atoms with E-state index in [1.165, 1.54) is 6.92 Å². The monoisotopic (exact) mass is 222 g/mol. The maximum absolute atomic E-state index is 11.4. The van der Waals surface area contributed by atoms with Crippen LogP contribution < -0.4 is 9.47 Å². The van der Waals surface area contributed by atoms with Crippen LogP contribution in [0.5, 0.6) is 11.5 Å². The standard InChI is InChI=1S/C12H14O4/c1-8(13)11-5-9(14-2)3-4-12(11)16-7-10-6-15-10/h3-5,10H,6-7H2,1-2H3. The third-order valence-electron chi connectivity index (χ3n) is 2.39. The summed E-state index contributed by atoms with van der Waals surface area (Å²) in [6, 6.07) is 5.21. The van der Waals surface area contributed by atoms with Crippen molar-refractivity contribution in [3.8, 4) is 11.5 Å². The van der Waals surface area contributed by atoms with Crippen LogP contribution in [0.25, 0.3) is 0 Å². The fourth-order valence-corrected chi connectivity index (χ4v) is 1.38. The van der Waals surface area contributed by atoms with Crippen LogP contribution >= 0.6 is 0 Å². The minimum absolute atomic E-state index is 0.0365. The molecule has 4 nitrogen and oxygen atoms in total. The second kappa shape index (κ2) is 4.53. The van der Waals surface area contributed by atoms with Gasteiger partial charge in [0.25, 0.3) is 0 Å². The van der Waals surface area contributed by atoms with Gasteiger partial charge in [-0.2, -0.15) is 0 Å². The Kier molecular flexibility index (Phi) is 3.10. The van der Waals surface area contributed by atoms with Crippen molar-refractivity contribution in [2.45, 2.75) is 13.0 Å². The number of methoxy groups -OCH3 is 1. The topological polar surface area (TPSA) is 48.1 Å². The summed E-state index contributed by atoms with van der Waals surface area (Å²) in [4.78, 5) is 11.4. The average Bonchev–Trinajstić information content (AvgIpc) is 3.09. The molecule has 1 heterocycles. The van der Waals surface area contributed by atoms with E-state index in [2.05, 4.69) is 0 Å². The summed E-state index contributed by atoms with van der Waals surface area (Å²) in [6.07, 6.45) is 0.182. The maximum Gasteiger partial charge on any atom is 0.163 e. The molecule has 1 aromatic carbocycles. The highest BCUT2D eigenvalue weighted by molar-refractivity contribution is 5.97. The molecular formula is C12H14O4. The molecule has 1 aliphatic heterocycles. The van der Waals surface area contributed by atoms with E-state index >= 15 is 0 Å². The van der Waals surface area contributed by atoms with E-state index in [9.17, 15) is 4.79 Å². The molecule has 0 amide bonds. The molecule has 86 valence electrons. The first-order valence-corrected chi connectivity index (χ1v) is 5.14. The Morgan fingerprint density at radius 3 is 2.88 bits per heavy atom. The number of benzene rings is 1. The molecule has 1 fully saturated rings. The molecule has 0 bridgehead atoms. The summed E-state index contributed by atoms with van der Waals surface area (Å²) in [5.74, 6) is 1.20. The van der Waals surface area contributed by atoms with Gasteiger partial charge in [-0.1, -0.05) is 0 Å². The van der Waals surface area contributed by atoms with E-state index in [1.807, 2.05) is 0 Å². The molecule has 1 unspecified atom stereocenters. The van der Waals surface area contributed by atoms with E-state index in [1.54, 1.807) is 25.3 Å². The van der Waals surface area contributed by atoms with Gasteiger partial charge in [0.15, 0.2) is 5.78 Å². The predicted octanol–water partition coefficient (Wildman–Crippen LogP) is 1.68. The summed E-state index contributed by atoms with van der Waals surface area (Å²) in [7, 11) is 1.57. The second-order valence-electron chi connectivity index (χ2n) is 3.68. The lowest BCUT2D eigenvalue weighted by molar-refractivity contribution is 0.101. The Bertz CT molecular complexity index is 396. The van der Waals surface area contributed by atoms with E-state index in [0.717, 1.165) is 6.61 Å². The zero-order chi connectivity index (χ0) is 11.5. The lowest BCUT2D eigenvalue weighted by Crippen LogP contribution is -2.07. The lowest BCUT2D eigenvalue weighted by atomic mass is 10.1. The van der Waals surface area contributed by atoms with Crippen molar-refractivity contribution in [1.29, 1.82) is 0 Å². The molecule has 1 saturated heterocycles. The third-order valence-corrected chi connectivity index (χ3v) is 2.39. The molecule has 0 spiro atoms. The van der Waals surface area contributed by atoms with Crippen LogP contribution in [0.2, 0.25) is 0 Å². The zero-order valence-corrected chi connectivity index (χ0v) is 9.36. The maximum atomic E-state index is 11.4. The average molecular weight is 222 g/mol. The van der Waals surface area contributed by atoms with Crippen molar-refractivity contribution in [2.75, 3.05) is 20.3 Å². The molecule has 1 atom stereocenters. The lowest BCUT2D eigenvalue weighted by Gasteiger charge is -2.10. The molecule has 2 rings (SSSR count). The molecule has 0 radical (unpaired) electrons. The molecule has 4 heteroatoms. The van der Waals surface area contributed by atoms with Crippen LogP contribution in [-0.2, 0) is 4.74 Å². The third kappa shape index (κ3) is 2.52. The van der Waals surface area contributed by atoms with Gasteiger partial charge in [0.1, 0.15) is 24.2 Å². The Balaban J connectivity index is 2.16. The van der Waals surface area contributed by atoms with Gasteiger partial charge in [0, 0.05) is 0 Å². The highest BCUT2D eigenvalue weighted by Crippen LogP contribution is 2.25. The van der Waals surface area contributed by atoms with Gasteiger partial charge >= 0.3 is 0 Å². The van der Waals surface area contributed by atoms with E-state index in [0.29, 0.717) is 23.7 Å². The Labute approximate surface area is 94.1 Å². The molecule has 0 aliphatic carbocycles. The molecule has 0 N–H and O–H groups in total. The van der Waals surface area contributed by atoms with E-state index < -0.39 is 0 Å². The Morgan fingerprint density at radius 1 is 1.56 bits per heavy atom. The summed E-state index contributed by atoms with van der Waals surface area (Å²) >= 11 is 0. The quantitative estimate of drug-likeness (QED) is 0.561. The molecule has 0 saturated carbocycles. The fourth-order valence-electron chi connectivity index (χ4n) is 1.38. The van der Waals surface area contributed by atoms with Crippen LogP contribution in [0.4, 0.5) is 0 Å². The van der Waals surface area contributed by atoms with Crippen LogP contribution in [0.15, 0.2) is 18.2 Å². The predicted molar refractivity (Wildman–Crippen MR) is 58.2 cm³/mol. The van der Waals surface area contributed by atoms with Gasteiger partial charge in [-0.3, -0.25) is 4.79 Å². The van der Waals surface area contributed by atoms with Crippen LogP contribution in [0.3, 0.4) is 0 Å². The molecule has 1 aliphatic rings. The second-order valence-corrected chi connectivity index (χ2v) is 3.68. The SMILES string of the molecule is COc1ccc(OCC2CO2)c(C(C)=O)c1. The normalized spacial score (nSPS) is 18.0. The first-order valence-electron chi connectivity index (χ1n) is 5.14. The van der Waals surface area contributed by atoms with Crippen molar-refractivity contribution in [1.82, 2.24) is 0 Å². The number of carbonyl (C=O) groups excluding carboxylic acids is 1. The summed E-state index contributed by atoms with van der Waals surface area (Å²) in [6.45, 7) is 2.74. The van der Waals surface area contributed by atoms with E-state index in [4.69, 9.17) is 14.2 Å². The molecular weight excluding hydrogens is 208 g/mol.